The minimum atomic E-state index is -0.294. The quantitative estimate of drug-likeness (QED) is 0.241. The second kappa shape index (κ2) is 12.1. The Labute approximate surface area is 259 Å². The molecule has 10 nitrogen and oxygen atoms in total. The molecular weight excluding hydrogens is 567 g/mol. The van der Waals surface area contributed by atoms with Crippen LogP contribution in [-0.2, 0) is 6.54 Å². The number of likely N-dealkylation sites (tertiary alicyclic amines) is 1. The molecular formula is C34H29FN10. The number of nitrogens with zero attached hydrogens (tertiary/aromatic N) is 8. The number of imidazole rings is 1. The van der Waals surface area contributed by atoms with Gasteiger partial charge in [-0.05, 0) is 79.1 Å². The summed E-state index contributed by atoms with van der Waals surface area (Å²) in [6.45, 7) is 2.74. The molecule has 0 bridgehead atoms. The van der Waals surface area contributed by atoms with Gasteiger partial charge in [0.25, 0.3) is 0 Å². The van der Waals surface area contributed by atoms with Crippen molar-refractivity contribution in [1.29, 1.82) is 5.26 Å². The highest BCUT2D eigenvalue weighted by molar-refractivity contribution is 5.87. The molecule has 0 atom stereocenters. The summed E-state index contributed by atoms with van der Waals surface area (Å²) in [6.07, 6.45) is 6.96. The highest BCUT2D eigenvalue weighted by Gasteiger charge is 2.21. The largest absolute Gasteiger partial charge is 0.383 e. The molecule has 11 heteroatoms. The molecule has 1 fully saturated rings. The van der Waals surface area contributed by atoms with Crippen molar-refractivity contribution >= 4 is 22.7 Å². The van der Waals surface area contributed by atoms with Gasteiger partial charge in [-0.15, -0.1) is 0 Å². The van der Waals surface area contributed by atoms with Crippen LogP contribution in [0.4, 0.5) is 16.0 Å². The first-order valence-corrected chi connectivity index (χ1v) is 14.7. The third-order valence-corrected chi connectivity index (χ3v) is 8.06. The van der Waals surface area contributed by atoms with Crippen LogP contribution >= 0.6 is 0 Å². The number of aromatic nitrogens is 6. The molecule has 222 valence electrons. The molecule has 1 aliphatic heterocycles. The van der Waals surface area contributed by atoms with Gasteiger partial charge in [0.15, 0.2) is 0 Å². The maximum Gasteiger partial charge on any atom is 0.234 e. The topological polar surface area (TPSA) is 134 Å². The minimum Gasteiger partial charge on any atom is -0.383 e. The molecule has 0 spiro atoms. The standard InChI is InChI=1S/C34H29FN10/c35-24-7-5-23(6-8-24)28-18-30-29(20-40-28)42-34(27-2-1-14-39-33(27)37)45(30)26-9-3-22(4-10-26)21-44-16-12-25(13-17-44)41-31-11-15-38-32(19-36)43-31/h1-11,14-15,18,20,25H,12-13,16-17,21H2,(H2,37,39)(H,38,41,43). The zero-order chi connectivity index (χ0) is 30.8. The van der Waals surface area contributed by atoms with E-state index in [0.717, 1.165) is 54.8 Å². The lowest BCUT2D eigenvalue weighted by Crippen LogP contribution is -2.38. The van der Waals surface area contributed by atoms with Gasteiger partial charge >= 0.3 is 0 Å². The van der Waals surface area contributed by atoms with E-state index in [0.29, 0.717) is 34.7 Å². The van der Waals surface area contributed by atoms with E-state index in [1.807, 2.05) is 24.3 Å². The van der Waals surface area contributed by atoms with Crippen molar-refractivity contribution in [3.8, 4) is 34.4 Å². The summed E-state index contributed by atoms with van der Waals surface area (Å²) in [5.74, 6) is 1.63. The fraction of sp³-hybridized carbons (Fsp3) is 0.176. The molecule has 3 N–H and O–H groups in total. The van der Waals surface area contributed by atoms with Gasteiger partial charge < -0.3 is 11.1 Å². The zero-order valence-electron chi connectivity index (χ0n) is 24.3. The molecule has 1 aliphatic rings. The Morgan fingerprint density at radius 3 is 2.49 bits per heavy atom. The third-order valence-electron chi connectivity index (χ3n) is 8.06. The summed E-state index contributed by atoms with van der Waals surface area (Å²) < 4.78 is 15.7. The number of rotatable bonds is 7. The lowest BCUT2D eigenvalue weighted by atomic mass is 10.0. The van der Waals surface area contributed by atoms with Crippen molar-refractivity contribution in [2.45, 2.75) is 25.4 Å². The van der Waals surface area contributed by atoms with E-state index in [2.05, 4.69) is 59.0 Å². The Balaban J connectivity index is 1.13. The van der Waals surface area contributed by atoms with Crippen LogP contribution in [0.1, 0.15) is 24.2 Å². The van der Waals surface area contributed by atoms with Gasteiger partial charge in [0, 0.05) is 49.3 Å². The van der Waals surface area contributed by atoms with E-state index < -0.39 is 0 Å². The van der Waals surface area contributed by atoms with Crippen LogP contribution in [0.15, 0.2) is 91.4 Å². The second-order valence-corrected chi connectivity index (χ2v) is 11.0. The number of pyridine rings is 2. The van der Waals surface area contributed by atoms with Gasteiger partial charge in [0.2, 0.25) is 5.82 Å². The summed E-state index contributed by atoms with van der Waals surface area (Å²) in [5, 5.41) is 12.5. The molecule has 0 aliphatic carbocycles. The number of nitrogen functional groups attached to an aromatic ring is 1. The van der Waals surface area contributed by atoms with Crippen LogP contribution in [0, 0.1) is 17.1 Å². The Hall–Kier alpha value is -5.73. The number of nitriles is 1. The lowest BCUT2D eigenvalue weighted by Gasteiger charge is -2.32. The SMILES string of the molecule is N#Cc1nccc(NC2CCN(Cc3ccc(-n4c(-c5cccnc5N)nc5cnc(-c6ccc(F)cc6)cc54)cc3)CC2)n1. The maximum absolute atomic E-state index is 13.6. The summed E-state index contributed by atoms with van der Waals surface area (Å²) in [4.78, 5) is 24.5. The van der Waals surface area contributed by atoms with E-state index in [9.17, 15) is 4.39 Å². The average molecular weight is 597 g/mol. The fourth-order valence-electron chi connectivity index (χ4n) is 5.75. The molecule has 4 aromatic heterocycles. The Morgan fingerprint density at radius 1 is 0.933 bits per heavy atom. The minimum absolute atomic E-state index is 0.172. The molecule has 0 saturated carbocycles. The number of hydrogen-bond acceptors (Lipinski definition) is 9. The first-order chi connectivity index (χ1) is 22.0. The highest BCUT2D eigenvalue weighted by atomic mass is 19.1. The molecule has 0 unspecified atom stereocenters. The van der Waals surface area contributed by atoms with Gasteiger partial charge in [-0.1, -0.05) is 12.1 Å². The van der Waals surface area contributed by atoms with E-state index >= 15 is 0 Å². The zero-order valence-corrected chi connectivity index (χ0v) is 24.3. The predicted octanol–water partition coefficient (Wildman–Crippen LogP) is 5.61. The average Bonchev–Trinajstić information content (AvgIpc) is 3.45. The second-order valence-electron chi connectivity index (χ2n) is 11.0. The Morgan fingerprint density at radius 2 is 1.73 bits per heavy atom. The van der Waals surface area contributed by atoms with Crippen LogP contribution in [0.5, 0.6) is 0 Å². The first-order valence-electron chi connectivity index (χ1n) is 14.7. The molecule has 7 rings (SSSR count). The molecule has 0 radical (unpaired) electrons. The van der Waals surface area contributed by atoms with Crippen LogP contribution in [-0.4, -0.2) is 53.5 Å². The van der Waals surface area contributed by atoms with Crippen molar-refractivity contribution in [2.75, 3.05) is 24.1 Å². The molecule has 45 heavy (non-hydrogen) atoms. The van der Waals surface area contributed by atoms with Gasteiger partial charge in [-0.3, -0.25) is 14.5 Å². The number of nitrogens with one attached hydrogen (secondary N) is 1. The molecule has 6 aromatic rings. The summed E-state index contributed by atoms with van der Waals surface area (Å²) in [7, 11) is 0. The van der Waals surface area contributed by atoms with Gasteiger partial charge in [-0.25, -0.2) is 24.3 Å². The number of piperidine rings is 1. The van der Waals surface area contributed by atoms with Crippen LogP contribution < -0.4 is 11.1 Å². The van der Waals surface area contributed by atoms with Crippen molar-refractivity contribution < 1.29 is 4.39 Å². The maximum atomic E-state index is 13.6. The Bertz CT molecular complexity index is 2010. The number of fused-ring (bicyclic) bond motifs is 1. The van der Waals surface area contributed by atoms with Crippen molar-refractivity contribution in [1.82, 2.24) is 34.4 Å². The highest BCUT2D eigenvalue weighted by Crippen LogP contribution is 2.33. The Kier molecular flexibility index (Phi) is 7.55. The summed E-state index contributed by atoms with van der Waals surface area (Å²) >= 11 is 0. The molecule has 1 saturated heterocycles. The van der Waals surface area contributed by atoms with Gasteiger partial charge in [0.05, 0.1) is 23.0 Å². The molecule has 2 aromatic carbocycles. The molecule has 5 heterocycles. The van der Waals surface area contributed by atoms with Crippen molar-refractivity contribution in [2.24, 2.45) is 0 Å². The van der Waals surface area contributed by atoms with Crippen molar-refractivity contribution in [3.63, 3.8) is 0 Å². The smallest absolute Gasteiger partial charge is 0.234 e. The number of hydrogen-bond donors (Lipinski definition) is 2. The van der Waals surface area contributed by atoms with Gasteiger partial charge in [-0.2, -0.15) is 5.26 Å². The predicted molar refractivity (Wildman–Crippen MR) is 171 cm³/mol. The third kappa shape index (κ3) is 5.91. The lowest BCUT2D eigenvalue weighted by molar-refractivity contribution is 0.211. The van der Waals surface area contributed by atoms with Gasteiger partial charge in [0.1, 0.15) is 34.9 Å². The van der Waals surface area contributed by atoms with Crippen LogP contribution in [0.25, 0.3) is 39.4 Å². The van der Waals surface area contributed by atoms with E-state index in [-0.39, 0.29) is 11.6 Å². The van der Waals surface area contributed by atoms with E-state index in [1.54, 1.807) is 36.8 Å². The van der Waals surface area contributed by atoms with Crippen molar-refractivity contribution in [3.05, 3.63) is 109 Å². The summed E-state index contributed by atoms with van der Waals surface area (Å²) in [6, 6.07) is 24.6. The van der Waals surface area contributed by atoms with Crippen LogP contribution in [0.3, 0.4) is 0 Å². The number of nitrogens with two attached hydrogens (primary N) is 1. The monoisotopic (exact) mass is 596 g/mol. The number of benzene rings is 2. The first kappa shape index (κ1) is 28.1. The molecule has 0 amide bonds. The van der Waals surface area contributed by atoms with E-state index in [4.69, 9.17) is 16.0 Å². The summed E-state index contributed by atoms with van der Waals surface area (Å²) in [5.41, 5.74) is 12.3. The number of anilines is 2. The normalized spacial score (nSPS) is 14.0. The van der Waals surface area contributed by atoms with Crippen LogP contribution in [0.2, 0.25) is 0 Å². The van der Waals surface area contributed by atoms with E-state index in [1.165, 1.54) is 17.7 Å². The number of halogens is 1. The fourth-order valence-corrected chi connectivity index (χ4v) is 5.75.